The van der Waals surface area contributed by atoms with Gasteiger partial charge in [-0.25, -0.2) is 0 Å². The molecule has 4 rings (SSSR count). The van der Waals surface area contributed by atoms with Crippen LogP contribution in [0, 0.1) is 0 Å². The molecule has 3 aromatic rings. The number of ether oxygens (including phenoxy) is 3. The van der Waals surface area contributed by atoms with E-state index in [1.165, 1.54) is 0 Å². The van der Waals surface area contributed by atoms with Gasteiger partial charge in [-0.05, 0) is 30.3 Å². The first kappa shape index (κ1) is 19.8. The molecule has 1 unspecified atom stereocenters. The largest absolute Gasteiger partial charge is 0.497 e. The third-order valence-electron chi connectivity index (χ3n) is 5.18. The van der Waals surface area contributed by atoms with E-state index in [4.69, 9.17) is 18.7 Å². The Morgan fingerprint density at radius 2 is 1.87 bits per heavy atom. The molecule has 2 heterocycles. The number of aromatic nitrogens is 2. The molecule has 30 heavy (non-hydrogen) atoms. The molecule has 156 valence electrons. The van der Waals surface area contributed by atoms with Crippen LogP contribution in [-0.4, -0.2) is 48.8 Å². The Bertz CT molecular complexity index is 1050. The van der Waals surface area contributed by atoms with E-state index in [9.17, 15) is 4.79 Å². The van der Waals surface area contributed by atoms with Gasteiger partial charge in [0.05, 0.1) is 27.2 Å². The van der Waals surface area contributed by atoms with Crippen molar-refractivity contribution < 1.29 is 23.5 Å². The molecule has 2 aromatic carbocycles. The van der Waals surface area contributed by atoms with Crippen LogP contribution in [0.25, 0.3) is 11.4 Å². The lowest BCUT2D eigenvalue weighted by atomic mass is 10.1. The average Bonchev–Trinajstić information content (AvgIpc) is 3.41. The van der Waals surface area contributed by atoms with Crippen LogP contribution in [0.4, 0.5) is 0 Å². The number of likely N-dealkylation sites (tertiary alicyclic amines) is 1. The molecular formula is C22H23N3O5. The van der Waals surface area contributed by atoms with Gasteiger partial charge < -0.3 is 23.6 Å². The first-order valence-corrected chi connectivity index (χ1v) is 9.58. The van der Waals surface area contributed by atoms with Crippen molar-refractivity contribution in [2.45, 2.75) is 18.9 Å². The first-order valence-electron chi connectivity index (χ1n) is 9.58. The van der Waals surface area contributed by atoms with E-state index in [-0.39, 0.29) is 11.8 Å². The molecule has 1 fully saturated rings. The highest BCUT2D eigenvalue weighted by Gasteiger charge is 2.34. The average molecular weight is 409 g/mol. The van der Waals surface area contributed by atoms with Crippen molar-refractivity contribution in [3.05, 3.63) is 53.9 Å². The summed E-state index contributed by atoms with van der Waals surface area (Å²) in [4.78, 5) is 18.9. The predicted octanol–water partition coefficient (Wildman–Crippen LogP) is 3.28. The molecule has 8 nitrogen and oxygen atoms in total. The molecule has 1 aliphatic heterocycles. The number of rotatable bonds is 7. The van der Waals surface area contributed by atoms with Crippen LogP contribution >= 0.6 is 0 Å². The molecule has 1 amide bonds. The fourth-order valence-electron chi connectivity index (χ4n) is 3.58. The molecule has 0 spiro atoms. The Morgan fingerprint density at radius 1 is 1.07 bits per heavy atom. The number of carbonyl (C=O) groups is 1. The van der Waals surface area contributed by atoms with Crippen LogP contribution < -0.4 is 14.2 Å². The summed E-state index contributed by atoms with van der Waals surface area (Å²) < 4.78 is 21.5. The van der Waals surface area contributed by atoms with E-state index in [0.29, 0.717) is 48.5 Å². The Kier molecular flexibility index (Phi) is 5.56. The Hall–Kier alpha value is -3.55. The maximum absolute atomic E-state index is 12.6. The highest BCUT2D eigenvalue weighted by atomic mass is 16.5. The minimum atomic E-state index is -0.152. The highest BCUT2D eigenvalue weighted by Crippen LogP contribution is 2.32. The van der Waals surface area contributed by atoms with Gasteiger partial charge in [0.2, 0.25) is 17.6 Å². The summed E-state index contributed by atoms with van der Waals surface area (Å²) in [5.74, 6) is 2.96. The normalized spacial score (nSPS) is 16.0. The molecule has 0 saturated carbocycles. The zero-order valence-corrected chi connectivity index (χ0v) is 17.1. The summed E-state index contributed by atoms with van der Waals surface area (Å²) in [5.41, 5.74) is 1.68. The van der Waals surface area contributed by atoms with Crippen molar-refractivity contribution in [3.63, 3.8) is 0 Å². The minimum absolute atomic E-state index is 0.0333. The Labute approximate surface area is 174 Å². The number of methoxy groups -OCH3 is 3. The summed E-state index contributed by atoms with van der Waals surface area (Å²) in [6.07, 6.45) is 0.325. The second kappa shape index (κ2) is 8.44. The first-order chi connectivity index (χ1) is 14.6. The molecule has 0 radical (unpaired) electrons. The molecule has 1 aliphatic rings. The summed E-state index contributed by atoms with van der Waals surface area (Å²) in [7, 11) is 4.83. The smallest absolute Gasteiger partial charge is 0.232 e. The van der Waals surface area contributed by atoms with Crippen LogP contribution in [0.2, 0.25) is 0 Å². The second-order valence-electron chi connectivity index (χ2n) is 7.04. The lowest BCUT2D eigenvalue weighted by molar-refractivity contribution is -0.128. The van der Waals surface area contributed by atoms with Gasteiger partial charge in [0.15, 0.2) is 0 Å². The fraction of sp³-hybridized carbons (Fsp3) is 0.318. The Balaban J connectivity index is 1.50. The summed E-state index contributed by atoms with van der Waals surface area (Å²) >= 11 is 0. The van der Waals surface area contributed by atoms with Crippen molar-refractivity contribution in [2.24, 2.45) is 0 Å². The monoisotopic (exact) mass is 409 g/mol. The van der Waals surface area contributed by atoms with E-state index in [1.807, 2.05) is 42.5 Å². The van der Waals surface area contributed by atoms with E-state index < -0.39 is 0 Å². The third kappa shape index (κ3) is 3.94. The molecule has 0 aliphatic carbocycles. The maximum atomic E-state index is 12.6. The number of hydrogen-bond acceptors (Lipinski definition) is 7. The van der Waals surface area contributed by atoms with Crippen molar-refractivity contribution in [1.82, 2.24) is 15.0 Å². The van der Waals surface area contributed by atoms with Crippen LogP contribution in [0.1, 0.15) is 23.8 Å². The van der Waals surface area contributed by atoms with Gasteiger partial charge >= 0.3 is 0 Å². The quantitative estimate of drug-likeness (QED) is 0.592. The lowest BCUT2D eigenvalue weighted by Gasteiger charge is -2.18. The van der Waals surface area contributed by atoms with Gasteiger partial charge in [0, 0.05) is 30.6 Å². The van der Waals surface area contributed by atoms with Gasteiger partial charge in [-0.1, -0.05) is 17.3 Å². The van der Waals surface area contributed by atoms with Crippen LogP contribution in [0.5, 0.6) is 17.2 Å². The van der Waals surface area contributed by atoms with Gasteiger partial charge in [-0.2, -0.15) is 4.98 Å². The number of hydrogen-bond donors (Lipinski definition) is 0. The SMILES string of the molecule is COc1cccc(-c2noc(C3CC(=O)N(Cc4cc(OC)ccc4OC)C3)n2)c1. The second-order valence-corrected chi connectivity index (χ2v) is 7.04. The molecule has 1 saturated heterocycles. The number of carbonyl (C=O) groups excluding carboxylic acids is 1. The Morgan fingerprint density at radius 3 is 2.63 bits per heavy atom. The van der Waals surface area contributed by atoms with Gasteiger partial charge in [0.25, 0.3) is 0 Å². The van der Waals surface area contributed by atoms with Gasteiger partial charge in [-0.3, -0.25) is 4.79 Å². The van der Waals surface area contributed by atoms with E-state index in [0.717, 1.165) is 11.1 Å². The minimum Gasteiger partial charge on any atom is -0.497 e. The zero-order valence-electron chi connectivity index (χ0n) is 17.1. The standard InChI is InChI=1S/C22H23N3O5/c1-27-17-6-4-5-14(9-17)21-23-22(30-24-21)16-11-20(26)25(13-16)12-15-10-18(28-2)7-8-19(15)29-3/h4-10,16H,11-13H2,1-3H3. The van der Waals surface area contributed by atoms with Crippen molar-refractivity contribution >= 4 is 5.91 Å². The molecular weight excluding hydrogens is 386 g/mol. The predicted molar refractivity (Wildman–Crippen MR) is 109 cm³/mol. The van der Waals surface area contributed by atoms with E-state index in [1.54, 1.807) is 26.2 Å². The lowest BCUT2D eigenvalue weighted by Crippen LogP contribution is -2.24. The van der Waals surface area contributed by atoms with Gasteiger partial charge in [0.1, 0.15) is 17.2 Å². The van der Waals surface area contributed by atoms with Crippen molar-refractivity contribution in [3.8, 4) is 28.6 Å². The van der Waals surface area contributed by atoms with Crippen LogP contribution in [0.3, 0.4) is 0 Å². The topological polar surface area (TPSA) is 86.9 Å². The highest BCUT2D eigenvalue weighted by molar-refractivity contribution is 5.79. The van der Waals surface area contributed by atoms with Crippen LogP contribution in [-0.2, 0) is 11.3 Å². The molecule has 8 heteroatoms. The van der Waals surface area contributed by atoms with E-state index in [2.05, 4.69) is 10.1 Å². The third-order valence-corrected chi connectivity index (χ3v) is 5.18. The summed E-state index contributed by atoms with van der Waals surface area (Å²) in [6.45, 7) is 0.922. The number of amides is 1. The van der Waals surface area contributed by atoms with Crippen molar-refractivity contribution in [2.75, 3.05) is 27.9 Å². The molecule has 1 aromatic heterocycles. The zero-order chi connectivity index (χ0) is 21.1. The molecule has 0 N–H and O–H groups in total. The van der Waals surface area contributed by atoms with Crippen LogP contribution in [0.15, 0.2) is 47.0 Å². The van der Waals surface area contributed by atoms with Gasteiger partial charge in [-0.15, -0.1) is 0 Å². The fourth-order valence-corrected chi connectivity index (χ4v) is 3.58. The maximum Gasteiger partial charge on any atom is 0.232 e. The molecule has 0 bridgehead atoms. The summed E-state index contributed by atoms with van der Waals surface area (Å²) in [6, 6.07) is 13.0. The number of nitrogens with zero attached hydrogens (tertiary/aromatic N) is 3. The number of benzene rings is 2. The van der Waals surface area contributed by atoms with Crippen molar-refractivity contribution in [1.29, 1.82) is 0 Å². The summed E-state index contributed by atoms with van der Waals surface area (Å²) in [5, 5.41) is 4.08. The van der Waals surface area contributed by atoms with E-state index >= 15 is 0 Å². The molecule has 1 atom stereocenters.